The number of carbonyl (C=O) groups is 1. The molecule has 0 unspecified atom stereocenters. The van der Waals surface area contributed by atoms with Crippen molar-refractivity contribution in [3.63, 3.8) is 0 Å². The molecular weight excluding hydrogens is 220 g/mol. The molecule has 2 rings (SSSR count). The molecule has 0 amide bonds. The summed E-state index contributed by atoms with van der Waals surface area (Å²) >= 11 is 0. The highest BCUT2D eigenvalue weighted by Crippen LogP contribution is 2.16. The SMILES string of the molecule is [CH]c1cccc(-c2nn(CC(C)=O)c(=O)o2)c1. The lowest BCUT2D eigenvalue weighted by Crippen LogP contribution is -2.19. The molecule has 0 aliphatic heterocycles. The molecule has 0 fully saturated rings. The summed E-state index contributed by atoms with van der Waals surface area (Å²) in [5.74, 6) is -0.666. The van der Waals surface area contributed by atoms with Crippen LogP contribution in [0, 0.1) is 6.92 Å². The predicted molar refractivity (Wildman–Crippen MR) is 60.3 cm³/mol. The van der Waals surface area contributed by atoms with Crippen LogP contribution in [0.15, 0.2) is 33.5 Å². The highest BCUT2D eigenvalue weighted by atomic mass is 16.4. The first kappa shape index (κ1) is 11.3. The van der Waals surface area contributed by atoms with Crippen molar-refractivity contribution in [2.24, 2.45) is 0 Å². The third kappa shape index (κ3) is 2.50. The van der Waals surface area contributed by atoms with Crippen molar-refractivity contribution >= 4 is 5.78 Å². The third-order valence-electron chi connectivity index (χ3n) is 2.11. The van der Waals surface area contributed by atoms with Crippen molar-refractivity contribution in [3.05, 3.63) is 47.3 Å². The van der Waals surface area contributed by atoms with E-state index >= 15 is 0 Å². The highest BCUT2D eigenvalue weighted by Gasteiger charge is 2.11. The second-order valence-corrected chi connectivity index (χ2v) is 3.66. The third-order valence-corrected chi connectivity index (χ3v) is 2.11. The normalized spacial score (nSPS) is 10.5. The fourth-order valence-electron chi connectivity index (χ4n) is 1.41. The van der Waals surface area contributed by atoms with Crippen molar-refractivity contribution in [2.75, 3.05) is 0 Å². The van der Waals surface area contributed by atoms with Crippen LogP contribution in [0.25, 0.3) is 11.5 Å². The molecule has 1 aromatic carbocycles. The summed E-state index contributed by atoms with van der Waals surface area (Å²) in [6, 6.07) is 6.81. The average molecular weight is 230 g/mol. The van der Waals surface area contributed by atoms with E-state index in [-0.39, 0.29) is 18.2 Å². The van der Waals surface area contributed by atoms with Gasteiger partial charge < -0.3 is 4.42 Å². The molecule has 1 aromatic heterocycles. The molecule has 0 aliphatic carbocycles. The number of hydrogen-bond acceptors (Lipinski definition) is 4. The number of benzene rings is 1. The molecule has 17 heavy (non-hydrogen) atoms. The van der Waals surface area contributed by atoms with Crippen LogP contribution < -0.4 is 5.76 Å². The van der Waals surface area contributed by atoms with Crippen molar-refractivity contribution in [3.8, 4) is 11.5 Å². The van der Waals surface area contributed by atoms with E-state index < -0.39 is 5.76 Å². The minimum Gasteiger partial charge on any atom is -0.388 e. The number of rotatable bonds is 3. The maximum atomic E-state index is 11.4. The average Bonchev–Trinajstić information content (AvgIpc) is 2.59. The van der Waals surface area contributed by atoms with E-state index in [0.29, 0.717) is 11.1 Å². The van der Waals surface area contributed by atoms with Gasteiger partial charge in [0.1, 0.15) is 6.54 Å². The quantitative estimate of drug-likeness (QED) is 0.793. The molecule has 5 nitrogen and oxygen atoms in total. The molecule has 0 spiro atoms. The van der Waals surface area contributed by atoms with Crippen LogP contribution in [0.3, 0.4) is 0 Å². The topological polar surface area (TPSA) is 65.1 Å². The van der Waals surface area contributed by atoms with Crippen molar-refractivity contribution in [1.29, 1.82) is 0 Å². The molecule has 0 N–H and O–H groups in total. The molecule has 0 saturated carbocycles. The Labute approximate surface area is 97.7 Å². The van der Waals surface area contributed by atoms with Crippen molar-refractivity contribution in [2.45, 2.75) is 13.5 Å². The van der Waals surface area contributed by atoms with Gasteiger partial charge in [-0.15, -0.1) is 5.10 Å². The Hall–Kier alpha value is -2.17. The first-order chi connectivity index (χ1) is 8.06. The highest BCUT2D eigenvalue weighted by molar-refractivity contribution is 5.75. The first-order valence-electron chi connectivity index (χ1n) is 4.99. The van der Waals surface area contributed by atoms with Gasteiger partial charge in [-0.3, -0.25) is 4.79 Å². The largest absolute Gasteiger partial charge is 0.437 e. The molecule has 0 aliphatic rings. The molecule has 0 saturated heterocycles. The number of carbonyl (C=O) groups excluding carboxylic acids is 1. The smallest absolute Gasteiger partial charge is 0.388 e. The van der Waals surface area contributed by atoms with Crippen LogP contribution in [0.5, 0.6) is 0 Å². The number of nitrogens with zero attached hydrogens (tertiary/aromatic N) is 2. The number of aromatic nitrogens is 2. The number of hydrogen-bond donors (Lipinski definition) is 0. The fourth-order valence-corrected chi connectivity index (χ4v) is 1.41. The molecule has 1 heterocycles. The Kier molecular flexibility index (Phi) is 2.91. The van der Waals surface area contributed by atoms with Gasteiger partial charge in [0.2, 0.25) is 5.89 Å². The van der Waals surface area contributed by atoms with Gasteiger partial charge in [0.05, 0.1) is 0 Å². The van der Waals surface area contributed by atoms with Gasteiger partial charge in [0.25, 0.3) is 0 Å². The Morgan fingerprint density at radius 3 is 2.94 bits per heavy atom. The molecular formula is C12H10N2O3. The van der Waals surface area contributed by atoms with E-state index in [1.54, 1.807) is 24.3 Å². The van der Waals surface area contributed by atoms with Gasteiger partial charge >= 0.3 is 5.76 Å². The molecule has 0 atom stereocenters. The minimum atomic E-state index is -0.655. The summed E-state index contributed by atoms with van der Waals surface area (Å²) in [4.78, 5) is 22.3. The fraction of sp³-hybridized carbons (Fsp3) is 0.167. The second kappa shape index (κ2) is 4.37. The summed E-state index contributed by atoms with van der Waals surface area (Å²) in [7, 11) is 0. The Morgan fingerprint density at radius 1 is 1.53 bits per heavy atom. The van der Waals surface area contributed by atoms with Gasteiger partial charge in [0, 0.05) is 5.56 Å². The van der Waals surface area contributed by atoms with E-state index in [0.717, 1.165) is 4.68 Å². The Morgan fingerprint density at radius 2 is 2.29 bits per heavy atom. The zero-order valence-corrected chi connectivity index (χ0v) is 9.21. The minimum absolute atomic E-state index is 0.0926. The van der Waals surface area contributed by atoms with Gasteiger partial charge in [-0.05, 0) is 31.5 Å². The Bertz CT molecular complexity index is 610. The maximum Gasteiger partial charge on any atom is 0.437 e. The van der Waals surface area contributed by atoms with Crippen LogP contribution >= 0.6 is 0 Å². The molecule has 2 radical (unpaired) electrons. The zero-order valence-electron chi connectivity index (χ0n) is 9.21. The van der Waals surface area contributed by atoms with Gasteiger partial charge in [-0.1, -0.05) is 12.1 Å². The van der Waals surface area contributed by atoms with E-state index in [9.17, 15) is 9.59 Å². The number of Topliss-reactive ketones (excluding diaryl/α,β-unsaturated/α-hetero) is 1. The summed E-state index contributed by atoms with van der Waals surface area (Å²) < 4.78 is 5.93. The van der Waals surface area contributed by atoms with Crippen LogP contribution in [-0.2, 0) is 11.3 Å². The van der Waals surface area contributed by atoms with Crippen LogP contribution in [0.4, 0.5) is 0 Å². The van der Waals surface area contributed by atoms with Crippen LogP contribution in [0.2, 0.25) is 0 Å². The van der Waals surface area contributed by atoms with Crippen molar-refractivity contribution < 1.29 is 9.21 Å². The van der Waals surface area contributed by atoms with Crippen LogP contribution in [0.1, 0.15) is 12.5 Å². The lowest BCUT2D eigenvalue weighted by atomic mass is 10.1. The molecule has 5 heteroatoms. The lowest BCUT2D eigenvalue weighted by Gasteiger charge is -1.95. The van der Waals surface area contributed by atoms with Gasteiger partial charge in [-0.2, -0.15) is 4.68 Å². The number of ketones is 1. The second-order valence-electron chi connectivity index (χ2n) is 3.66. The molecule has 2 aromatic rings. The van der Waals surface area contributed by atoms with E-state index in [1.807, 2.05) is 0 Å². The van der Waals surface area contributed by atoms with Crippen molar-refractivity contribution in [1.82, 2.24) is 9.78 Å². The summed E-state index contributed by atoms with van der Waals surface area (Å²) in [6.45, 7) is 6.90. The zero-order chi connectivity index (χ0) is 12.4. The van der Waals surface area contributed by atoms with E-state index in [4.69, 9.17) is 11.3 Å². The standard InChI is InChI=1S/C12H10N2O3/c1-8-4-3-5-10(6-8)11-13-14(7-9(2)15)12(16)17-11/h1,3-6H,7H2,2H3. The molecule has 86 valence electrons. The summed E-state index contributed by atoms with van der Waals surface area (Å²) in [6.07, 6.45) is 0. The van der Waals surface area contributed by atoms with Gasteiger partial charge in [0.15, 0.2) is 5.78 Å². The molecule has 0 bridgehead atoms. The van der Waals surface area contributed by atoms with Gasteiger partial charge in [-0.25, -0.2) is 4.79 Å². The summed E-state index contributed by atoms with van der Waals surface area (Å²) in [5.41, 5.74) is 1.15. The van der Waals surface area contributed by atoms with E-state index in [2.05, 4.69) is 5.10 Å². The van der Waals surface area contributed by atoms with Crippen LogP contribution in [-0.4, -0.2) is 15.6 Å². The predicted octanol–water partition coefficient (Wildman–Crippen LogP) is 1.15. The Balaban J connectivity index is 2.41. The first-order valence-corrected chi connectivity index (χ1v) is 4.99. The lowest BCUT2D eigenvalue weighted by molar-refractivity contribution is -0.117. The summed E-state index contributed by atoms with van der Waals surface area (Å²) in [5, 5.41) is 3.92. The maximum absolute atomic E-state index is 11.4. The monoisotopic (exact) mass is 230 g/mol. The van der Waals surface area contributed by atoms with E-state index in [1.165, 1.54) is 6.92 Å².